The molecule has 1 aliphatic heterocycles. The smallest absolute Gasteiger partial charge is 0.490 e. The maximum absolute atomic E-state index is 16.1. The lowest BCUT2D eigenvalue weighted by Crippen LogP contribution is -2.43. The summed E-state index contributed by atoms with van der Waals surface area (Å²) >= 11 is 0.931. The summed E-state index contributed by atoms with van der Waals surface area (Å²) in [5, 5.41) is 5.73. The van der Waals surface area contributed by atoms with Crippen molar-refractivity contribution in [1.29, 1.82) is 0 Å². The zero-order chi connectivity index (χ0) is 39.5. The summed E-state index contributed by atoms with van der Waals surface area (Å²) in [4.78, 5) is 18.8. The number of pyridine rings is 1. The average molecular weight is 805 g/mol. The van der Waals surface area contributed by atoms with Gasteiger partial charge in [-0.15, -0.1) is 11.3 Å². The molecule has 0 saturated heterocycles. The van der Waals surface area contributed by atoms with E-state index < -0.39 is 59.2 Å². The van der Waals surface area contributed by atoms with Crippen LogP contribution in [-0.2, 0) is 25.8 Å². The van der Waals surface area contributed by atoms with E-state index in [0.717, 1.165) is 17.4 Å². The molecule has 0 N–H and O–H groups in total. The van der Waals surface area contributed by atoms with Crippen LogP contribution in [-0.4, -0.2) is 73.4 Å². The maximum Gasteiger partial charge on any atom is 0.534 e. The van der Waals surface area contributed by atoms with Gasteiger partial charge in [-0.3, -0.25) is 9.58 Å². The molecular weight excluding hydrogens is 764 g/mol. The fourth-order valence-electron chi connectivity index (χ4n) is 5.39. The van der Waals surface area contributed by atoms with Gasteiger partial charge in [-0.25, -0.2) is 18.6 Å². The Labute approximate surface area is 309 Å². The molecule has 53 heavy (non-hydrogen) atoms. The summed E-state index contributed by atoms with van der Waals surface area (Å²) in [6, 6.07) is 3.75. The first kappa shape index (κ1) is 40.4. The predicted octanol–water partition coefficient (Wildman–Crippen LogP) is 9.05. The van der Waals surface area contributed by atoms with Crippen molar-refractivity contribution in [2.75, 3.05) is 19.8 Å². The molecule has 0 saturated carbocycles. The average Bonchev–Trinajstić information content (AvgIpc) is 3.66. The van der Waals surface area contributed by atoms with Crippen molar-refractivity contribution in [3.05, 3.63) is 47.0 Å². The number of hydrogen-bond donors (Lipinski definition) is 0. The highest BCUT2D eigenvalue weighted by Gasteiger charge is 2.49. The fraction of sp³-hybridized carbons (Fsp3) is 0.500. The number of carbonyl (C=O) groups is 1. The lowest BCUT2D eigenvalue weighted by Gasteiger charge is -2.36. The zero-order valence-electron chi connectivity index (χ0n) is 30.6. The Morgan fingerprint density at radius 2 is 1.70 bits per heavy atom. The summed E-state index contributed by atoms with van der Waals surface area (Å²) in [6.45, 7) is 17.5. The Bertz CT molecular complexity index is 2140. The van der Waals surface area contributed by atoms with E-state index in [0.29, 0.717) is 11.8 Å². The minimum Gasteiger partial charge on any atom is -0.490 e. The highest BCUT2D eigenvalue weighted by Crippen LogP contribution is 2.48. The molecule has 5 rings (SSSR count). The molecule has 4 heterocycles. The van der Waals surface area contributed by atoms with Gasteiger partial charge in [0.25, 0.3) is 0 Å². The van der Waals surface area contributed by atoms with Crippen LogP contribution in [0.4, 0.5) is 26.7 Å². The Morgan fingerprint density at radius 1 is 1.02 bits per heavy atom. The van der Waals surface area contributed by atoms with Crippen LogP contribution in [0.2, 0.25) is 18.1 Å². The van der Waals surface area contributed by atoms with Crippen molar-refractivity contribution in [2.24, 2.45) is 0 Å². The van der Waals surface area contributed by atoms with Crippen LogP contribution in [0.25, 0.3) is 32.6 Å². The van der Waals surface area contributed by atoms with Gasteiger partial charge in [0.1, 0.15) is 41.0 Å². The number of nitrogens with zero attached hydrogens (tertiary/aromatic N) is 4. The van der Waals surface area contributed by atoms with Crippen LogP contribution >= 0.6 is 11.3 Å². The number of benzene rings is 1. The predicted molar refractivity (Wildman–Crippen MR) is 192 cm³/mol. The summed E-state index contributed by atoms with van der Waals surface area (Å²) in [5.41, 5.74) is -6.75. The molecule has 290 valence electrons. The SMILES string of the molecule is C[C@H]1c2cc(-c3nc(OS(=O)(=O)C(F)(F)F)c4ccsc4c3-c3c(F)cc(F)cc3OCCO[Si](C)(C)C(C)(C)C)nn2CCN1C(=O)OC(C)(C)C. The van der Waals surface area contributed by atoms with Gasteiger partial charge in [-0.05, 0) is 63.3 Å². The van der Waals surface area contributed by atoms with Crippen molar-refractivity contribution in [3.63, 3.8) is 0 Å². The molecule has 3 aromatic heterocycles. The number of hydrogen-bond acceptors (Lipinski definition) is 10. The number of amides is 1. The van der Waals surface area contributed by atoms with Crippen LogP contribution in [0.1, 0.15) is 60.2 Å². The van der Waals surface area contributed by atoms with E-state index in [1.807, 2.05) is 13.1 Å². The van der Waals surface area contributed by atoms with E-state index in [9.17, 15) is 30.8 Å². The van der Waals surface area contributed by atoms with Gasteiger partial charge >= 0.3 is 21.7 Å². The van der Waals surface area contributed by atoms with Gasteiger partial charge in [0.2, 0.25) is 5.88 Å². The Kier molecular flexibility index (Phi) is 10.8. The molecule has 1 aromatic carbocycles. The normalized spacial score (nSPS) is 15.8. The molecule has 4 aromatic rings. The van der Waals surface area contributed by atoms with Gasteiger partial charge in [-0.2, -0.15) is 26.7 Å². The second kappa shape index (κ2) is 14.1. The van der Waals surface area contributed by atoms with Gasteiger partial charge in [0.05, 0.1) is 40.5 Å². The van der Waals surface area contributed by atoms with Crippen LogP contribution in [0.5, 0.6) is 11.6 Å². The first-order valence-electron chi connectivity index (χ1n) is 16.6. The van der Waals surface area contributed by atoms with Crippen molar-refractivity contribution < 1.29 is 53.2 Å². The second-order valence-electron chi connectivity index (χ2n) is 15.0. The molecular formula is C34H41F5N4O7S2Si. The molecule has 0 unspecified atom stereocenters. The molecule has 0 spiro atoms. The number of halogens is 5. The highest BCUT2D eigenvalue weighted by molar-refractivity contribution is 7.88. The summed E-state index contributed by atoms with van der Waals surface area (Å²) in [6.07, 6.45) is -0.585. The third kappa shape index (κ3) is 8.31. The Morgan fingerprint density at radius 3 is 2.32 bits per heavy atom. The molecule has 0 radical (unpaired) electrons. The van der Waals surface area contributed by atoms with Gasteiger partial charge < -0.3 is 18.1 Å². The topological polar surface area (TPSA) is 122 Å². The Hall–Kier alpha value is -3.81. The van der Waals surface area contributed by atoms with E-state index in [-0.39, 0.29) is 69.7 Å². The monoisotopic (exact) mass is 804 g/mol. The van der Waals surface area contributed by atoms with Crippen LogP contribution < -0.4 is 8.92 Å². The summed E-state index contributed by atoms with van der Waals surface area (Å²) in [7, 11) is -8.42. The first-order valence-corrected chi connectivity index (χ1v) is 21.8. The van der Waals surface area contributed by atoms with Gasteiger partial charge in [0.15, 0.2) is 8.32 Å². The quantitative estimate of drug-likeness (QED) is 0.0536. The number of fused-ring (bicyclic) bond motifs is 2. The molecule has 0 bridgehead atoms. The number of rotatable bonds is 9. The molecule has 1 atom stereocenters. The third-order valence-corrected chi connectivity index (χ3v) is 15.5. The van der Waals surface area contributed by atoms with Gasteiger partial charge in [-0.1, -0.05) is 20.8 Å². The first-order chi connectivity index (χ1) is 24.3. The van der Waals surface area contributed by atoms with Crippen molar-refractivity contribution in [2.45, 2.75) is 90.3 Å². The van der Waals surface area contributed by atoms with E-state index in [1.165, 1.54) is 22.4 Å². The molecule has 19 heteroatoms. The number of carbonyl (C=O) groups excluding carboxylic acids is 1. The van der Waals surface area contributed by atoms with Crippen molar-refractivity contribution in [1.82, 2.24) is 19.7 Å². The minimum absolute atomic E-state index is 0.0200. The molecule has 11 nitrogen and oxygen atoms in total. The van der Waals surface area contributed by atoms with Crippen LogP contribution in [0.15, 0.2) is 29.6 Å². The largest absolute Gasteiger partial charge is 0.534 e. The highest BCUT2D eigenvalue weighted by atomic mass is 32.2. The molecule has 1 amide bonds. The van der Waals surface area contributed by atoms with Crippen LogP contribution in [0, 0.1) is 11.6 Å². The fourth-order valence-corrected chi connectivity index (χ4v) is 7.78. The second-order valence-corrected chi connectivity index (χ2v) is 22.3. The molecule has 0 aliphatic carbocycles. The van der Waals surface area contributed by atoms with E-state index in [4.69, 9.17) is 13.9 Å². The number of alkyl halides is 3. The number of thiophene rings is 1. The van der Waals surface area contributed by atoms with E-state index in [1.54, 1.807) is 32.4 Å². The molecule has 1 aliphatic rings. The zero-order valence-corrected chi connectivity index (χ0v) is 33.3. The number of aromatic nitrogens is 3. The summed E-state index contributed by atoms with van der Waals surface area (Å²) < 4.78 is 120. The van der Waals surface area contributed by atoms with Crippen molar-refractivity contribution >= 4 is 46.0 Å². The Balaban J connectivity index is 1.68. The summed E-state index contributed by atoms with van der Waals surface area (Å²) in [5.74, 6) is -3.25. The number of ether oxygens (including phenoxy) is 2. The molecule has 0 fully saturated rings. The van der Waals surface area contributed by atoms with Crippen molar-refractivity contribution in [3.8, 4) is 34.1 Å². The third-order valence-electron chi connectivity index (χ3n) is 9.05. The van der Waals surface area contributed by atoms with E-state index >= 15 is 4.39 Å². The minimum atomic E-state index is -6.20. The van der Waals surface area contributed by atoms with Crippen LogP contribution in [0.3, 0.4) is 0 Å². The maximum atomic E-state index is 16.1. The van der Waals surface area contributed by atoms with Gasteiger partial charge in [0, 0.05) is 24.2 Å². The van der Waals surface area contributed by atoms with E-state index in [2.05, 4.69) is 35.0 Å². The standard InChI is InChI=1S/C34H41F5N4O7S2Si/c1-19-24-18-23(41-43(24)12-11-42(19)31(44)49-32(2,3)4)28-27(29-21(10-15-51-29)30(40-28)50-52(45,46)34(37,38)39)26-22(36)16-20(35)17-25(26)47-13-14-48-53(8,9)33(5,6)7/h10,15-19H,11-14H2,1-9H3/t19-/m0/s1. The lowest BCUT2D eigenvalue weighted by molar-refractivity contribution is -0.0500. The lowest BCUT2D eigenvalue weighted by atomic mass is 9.98.